The van der Waals surface area contributed by atoms with Crippen LogP contribution < -0.4 is 0 Å². The van der Waals surface area contributed by atoms with E-state index in [-0.39, 0.29) is 12.5 Å². The van der Waals surface area contributed by atoms with E-state index in [1.54, 1.807) is 0 Å². The molecule has 4 aromatic rings. The molecule has 1 aliphatic carbocycles. The molecule has 2 aliphatic rings. The van der Waals surface area contributed by atoms with Crippen LogP contribution in [0.25, 0.3) is 11.1 Å². The number of hydrogen-bond acceptors (Lipinski definition) is 4. The van der Waals surface area contributed by atoms with Crippen molar-refractivity contribution in [1.29, 1.82) is 0 Å². The fraction of sp³-hybridized carbons (Fsp3) is 0.257. The van der Waals surface area contributed by atoms with Crippen molar-refractivity contribution in [3.05, 3.63) is 130 Å². The van der Waals surface area contributed by atoms with Crippen LogP contribution >= 0.6 is 0 Å². The van der Waals surface area contributed by atoms with Gasteiger partial charge in [0.15, 0.2) is 6.10 Å². The number of carbonyl (C=O) groups excluding carboxylic acids is 2. The topological polar surface area (TPSA) is 55.8 Å². The lowest BCUT2D eigenvalue weighted by Crippen LogP contribution is -2.42. The Bertz CT molecular complexity index is 1440. The second-order valence-electron chi connectivity index (χ2n) is 10.8. The molecular weight excluding hydrogens is 498 g/mol. The minimum atomic E-state index is -0.672. The van der Waals surface area contributed by atoms with E-state index in [2.05, 4.69) is 24.3 Å². The van der Waals surface area contributed by atoms with Crippen LogP contribution in [0, 0.1) is 13.8 Å². The van der Waals surface area contributed by atoms with Gasteiger partial charge in [0.1, 0.15) is 12.6 Å². The second-order valence-corrected chi connectivity index (χ2v) is 10.8. The molecule has 5 nitrogen and oxygen atoms in total. The van der Waals surface area contributed by atoms with Crippen molar-refractivity contribution in [1.82, 2.24) is 4.90 Å². The number of hydrogen-bond donors (Lipinski definition) is 0. The Morgan fingerprint density at radius 2 is 1.30 bits per heavy atom. The monoisotopic (exact) mass is 531 g/mol. The van der Waals surface area contributed by atoms with Crippen LogP contribution in [-0.2, 0) is 14.3 Å². The van der Waals surface area contributed by atoms with Gasteiger partial charge in [-0.25, -0.2) is 9.59 Å². The van der Waals surface area contributed by atoms with Crippen LogP contribution in [0.2, 0.25) is 0 Å². The van der Waals surface area contributed by atoms with Crippen molar-refractivity contribution >= 4 is 12.1 Å². The number of rotatable bonds is 6. The van der Waals surface area contributed by atoms with Gasteiger partial charge in [-0.15, -0.1) is 0 Å². The molecule has 0 bridgehead atoms. The summed E-state index contributed by atoms with van der Waals surface area (Å²) in [7, 11) is 0. The lowest BCUT2D eigenvalue weighted by molar-refractivity contribution is -0.152. The van der Waals surface area contributed by atoms with Gasteiger partial charge in [0.05, 0.1) is 0 Å². The summed E-state index contributed by atoms with van der Waals surface area (Å²) >= 11 is 0. The Morgan fingerprint density at radius 3 is 1.85 bits per heavy atom. The Balaban J connectivity index is 1.17. The molecule has 1 fully saturated rings. The molecule has 1 heterocycles. The molecule has 40 heavy (non-hydrogen) atoms. The highest BCUT2D eigenvalue weighted by atomic mass is 16.6. The molecule has 5 heteroatoms. The Morgan fingerprint density at radius 1 is 0.775 bits per heavy atom. The van der Waals surface area contributed by atoms with Gasteiger partial charge in [-0.3, -0.25) is 4.90 Å². The van der Waals surface area contributed by atoms with Gasteiger partial charge < -0.3 is 9.47 Å². The normalized spacial score (nSPS) is 16.1. The number of carbonyl (C=O) groups is 2. The molecule has 0 saturated carbocycles. The Kier molecular flexibility index (Phi) is 7.12. The minimum Gasteiger partial charge on any atom is -0.451 e. The van der Waals surface area contributed by atoms with Gasteiger partial charge in [-0.1, -0.05) is 108 Å². The summed E-state index contributed by atoms with van der Waals surface area (Å²) in [6.45, 7) is 4.75. The van der Waals surface area contributed by atoms with Gasteiger partial charge in [-0.2, -0.15) is 0 Å². The molecule has 1 aliphatic heterocycles. The number of esters is 1. The van der Waals surface area contributed by atoms with E-state index in [1.165, 1.54) is 16.0 Å². The summed E-state index contributed by atoms with van der Waals surface area (Å²) in [5, 5.41) is 0. The summed E-state index contributed by atoms with van der Waals surface area (Å²) in [4.78, 5) is 28.4. The summed E-state index contributed by atoms with van der Waals surface area (Å²) in [6.07, 6.45) is 0.253. The van der Waals surface area contributed by atoms with Crippen LogP contribution in [0.4, 0.5) is 4.79 Å². The van der Waals surface area contributed by atoms with Crippen LogP contribution in [0.15, 0.2) is 97.1 Å². The molecule has 1 amide bonds. The van der Waals surface area contributed by atoms with E-state index < -0.39 is 24.2 Å². The fourth-order valence-corrected chi connectivity index (χ4v) is 5.91. The van der Waals surface area contributed by atoms with Gasteiger partial charge in [0.25, 0.3) is 0 Å². The largest absolute Gasteiger partial charge is 0.451 e. The zero-order chi connectivity index (χ0) is 27.6. The number of nitrogens with zero attached hydrogens (tertiary/aromatic N) is 1. The predicted octanol–water partition coefficient (Wildman–Crippen LogP) is 7.35. The van der Waals surface area contributed by atoms with Gasteiger partial charge >= 0.3 is 12.1 Å². The highest BCUT2D eigenvalue weighted by Gasteiger charge is 2.38. The van der Waals surface area contributed by atoms with E-state index in [0.29, 0.717) is 13.0 Å². The van der Waals surface area contributed by atoms with Crippen molar-refractivity contribution in [2.75, 3.05) is 13.2 Å². The first-order valence-corrected chi connectivity index (χ1v) is 13.9. The maximum Gasteiger partial charge on any atom is 0.410 e. The number of aryl methyl sites for hydroxylation is 2. The van der Waals surface area contributed by atoms with Crippen LogP contribution in [0.3, 0.4) is 0 Å². The molecule has 1 saturated heterocycles. The predicted molar refractivity (Wildman–Crippen MR) is 155 cm³/mol. The zero-order valence-corrected chi connectivity index (χ0v) is 22.9. The molecule has 0 spiro atoms. The number of amides is 1. The van der Waals surface area contributed by atoms with Crippen LogP contribution in [0.5, 0.6) is 0 Å². The van der Waals surface area contributed by atoms with E-state index in [0.717, 1.165) is 39.8 Å². The molecule has 4 aromatic carbocycles. The van der Waals surface area contributed by atoms with Crippen LogP contribution in [-0.4, -0.2) is 36.2 Å². The van der Waals surface area contributed by atoms with Crippen molar-refractivity contribution in [3.8, 4) is 11.1 Å². The molecule has 202 valence electrons. The standard InChI is InChI=1S/C35H33NO4/c1-23-13-17-25(18-14-23)33(26-19-15-24(2)16-20-26)40-34(37)32-12-7-21-36(32)35(38)39-22-31-29-10-5-3-8-27(29)28-9-4-6-11-30(28)31/h3-6,8-11,13-20,31-33H,7,12,21-22H2,1-2H3/t32-/m0/s1. The SMILES string of the molecule is Cc1ccc(C(OC(=O)[C@@H]2CCCN2C(=O)OCC2c3ccccc3-c3ccccc32)c2ccc(C)cc2)cc1. The first kappa shape index (κ1) is 25.9. The Hall–Kier alpha value is -4.38. The average molecular weight is 532 g/mol. The van der Waals surface area contributed by atoms with Crippen molar-refractivity contribution in [2.45, 2.75) is 44.8 Å². The molecule has 1 atom stereocenters. The highest BCUT2D eigenvalue weighted by Crippen LogP contribution is 2.44. The third kappa shape index (κ3) is 5.00. The summed E-state index contributed by atoms with van der Waals surface area (Å²) in [5.41, 5.74) is 8.74. The molecule has 0 radical (unpaired) electrons. The zero-order valence-electron chi connectivity index (χ0n) is 22.9. The first-order chi connectivity index (χ1) is 19.5. The summed E-state index contributed by atoms with van der Waals surface area (Å²) < 4.78 is 12.0. The second kappa shape index (κ2) is 11.0. The fourth-order valence-electron chi connectivity index (χ4n) is 5.91. The minimum absolute atomic E-state index is 0.0307. The molecular formula is C35H33NO4. The Labute approximate surface area is 235 Å². The van der Waals surface area contributed by atoms with Crippen molar-refractivity contribution in [2.24, 2.45) is 0 Å². The smallest absolute Gasteiger partial charge is 0.410 e. The third-order valence-corrected chi connectivity index (χ3v) is 8.09. The van der Waals surface area contributed by atoms with E-state index in [9.17, 15) is 9.59 Å². The molecule has 6 rings (SSSR count). The third-order valence-electron chi connectivity index (χ3n) is 8.09. The van der Waals surface area contributed by atoms with Gasteiger partial charge in [-0.05, 0) is 60.1 Å². The highest BCUT2D eigenvalue weighted by molar-refractivity contribution is 5.83. The van der Waals surface area contributed by atoms with Gasteiger partial charge in [0.2, 0.25) is 0 Å². The molecule has 0 aromatic heterocycles. The lowest BCUT2D eigenvalue weighted by Gasteiger charge is -2.26. The number of benzene rings is 4. The number of likely N-dealkylation sites (tertiary alicyclic amines) is 1. The first-order valence-electron chi connectivity index (χ1n) is 13.9. The van der Waals surface area contributed by atoms with E-state index >= 15 is 0 Å². The van der Waals surface area contributed by atoms with Crippen LogP contribution in [0.1, 0.15) is 58.2 Å². The lowest BCUT2D eigenvalue weighted by atomic mass is 9.98. The molecule has 0 N–H and O–H groups in total. The van der Waals surface area contributed by atoms with E-state index in [1.807, 2.05) is 86.6 Å². The average Bonchev–Trinajstić information content (AvgIpc) is 3.59. The summed E-state index contributed by atoms with van der Waals surface area (Å²) in [5.74, 6) is -0.436. The number of fused-ring (bicyclic) bond motifs is 3. The number of ether oxygens (including phenoxy) is 2. The quantitative estimate of drug-likeness (QED) is 0.244. The maximum absolute atomic E-state index is 13.6. The van der Waals surface area contributed by atoms with Crippen molar-refractivity contribution in [3.63, 3.8) is 0 Å². The maximum atomic E-state index is 13.6. The van der Waals surface area contributed by atoms with E-state index in [4.69, 9.17) is 9.47 Å². The van der Waals surface area contributed by atoms with Crippen molar-refractivity contribution < 1.29 is 19.1 Å². The summed E-state index contributed by atoms with van der Waals surface area (Å²) in [6, 6.07) is 31.9. The molecule has 0 unspecified atom stereocenters. The van der Waals surface area contributed by atoms with Gasteiger partial charge in [0, 0.05) is 12.5 Å².